The molecule has 8 heteroatoms. The quantitative estimate of drug-likeness (QED) is 0.510. The van der Waals surface area contributed by atoms with Gasteiger partial charge < -0.3 is 9.80 Å². The summed E-state index contributed by atoms with van der Waals surface area (Å²) in [7, 11) is -3.50. The summed E-state index contributed by atoms with van der Waals surface area (Å²) in [5, 5.41) is 0. The average Bonchev–Trinajstić information content (AvgIpc) is 2.84. The Hall–Kier alpha value is -3.39. The number of rotatable bonds is 6. The van der Waals surface area contributed by atoms with Gasteiger partial charge in [-0.1, -0.05) is 36.4 Å². The van der Waals surface area contributed by atoms with E-state index in [2.05, 4.69) is 0 Å². The van der Waals surface area contributed by atoms with E-state index in [0.29, 0.717) is 43.1 Å². The minimum absolute atomic E-state index is 0.0840. The van der Waals surface area contributed by atoms with Crippen LogP contribution in [0.15, 0.2) is 66.7 Å². The van der Waals surface area contributed by atoms with Gasteiger partial charge in [0.1, 0.15) is 5.82 Å². The number of halogens is 1. The van der Waals surface area contributed by atoms with Crippen LogP contribution in [0.3, 0.4) is 0 Å². The summed E-state index contributed by atoms with van der Waals surface area (Å²) in [4.78, 5) is 16.8. The third-order valence-electron chi connectivity index (χ3n) is 6.32. The predicted molar refractivity (Wildman–Crippen MR) is 138 cm³/mol. The van der Waals surface area contributed by atoms with Crippen molar-refractivity contribution in [3.8, 4) is 0 Å². The summed E-state index contributed by atoms with van der Waals surface area (Å²) in [6.07, 6.45) is 1.20. The highest BCUT2D eigenvalue weighted by molar-refractivity contribution is 7.92. The molecule has 4 rings (SSSR count). The molecule has 0 unspecified atom stereocenters. The number of carbonyl (C=O) groups excluding carboxylic acids is 1. The molecule has 35 heavy (non-hydrogen) atoms. The molecule has 3 aromatic carbocycles. The Bertz CT molecular complexity index is 1320. The fourth-order valence-electron chi connectivity index (χ4n) is 4.33. The summed E-state index contributed by atoms with van der Waals surface area (Å²) < 4.78 is 40.6. The fraction of sp³-hybridized carbons (Fsp3) is 0.296. The van der Waals surface area contributed by atoms with Crippen molar-refractivity contribution in [1.82, 2.24) is 4.90 Å². The van der Waals surface area contributed by atoms with Crippen LogP contribution >= 0.6 is 0 Å². The van der Waals surface area contributed by atoms with Gasteiger partial charge in [-0.15, -0.1) is 0 Å². The van der Waals surface area contributed by atoms with Crippen LogP contribution < -0.4 is 9.21 Å². The van der Waals surface area contributed by atoms with Crippen LogP contribution in [0.5, 0.6) is 0 Å². The van der Waals surface area contributed by atoms with Gasteiger partial charge in [0.05, 0.1) is 24.2 Å². The number of sulfonamides is 1. The Labute approximate surface area is 206 Å². The highest BCUT2D eigenvalue weighted by Crippen LogP contribution is 2.26. The van der Waals surface area contributed by atoms with Crippen LogP contribution in [-0.4, -0.2) is 51.7 Å². The van der Waals surface area contributed by atoms with Crippen molar-refractivity contribution in [3.05, 3.63) is 94.8 Å². The number of hydrogen-bond donors (Lipinski definition) is 0. The molecule has 1 aliphatic heterocycles. The van der Waals surface area contributed by atoms with Crippen molar-refractivity contribution in [3.63, 3.8) is 0 Å². The average molecular weight is 496 g/mol. The molecule has 0 atom stereocenters. The summed E-state index contributed by atoms with van der Waals surface area (Å²) in [6, 6.07) is 19.5. The molecule has 0 aromatic heterocycles. The Morgan fingerprint density at radius 2 is 1.60 bits per heavy atom. The van der Waals surface area contributed by atoms with Crippen LogP contribution in [0.4, 0.5) is 15.8 Å². The zero-order chi connectivity index (χ0) is 25.2. The van der Waals surface area contributed by atoms with Crippen LogP contribution in [0.25, 0.3) is 0 Å². The van der Waals surface area contributed by atoms with E-state index in [9.17, 15) is 17.6 Å². The molecular formula is C27H30FN3O3S. The molecular weight excluding hydrogens is 465 g/mol. The normalized spacial score (nSPS) is 14.2. The fourth-order valence-corrected chi connectivity index (χ4v) is 5.27. The van der Waals surface area contributed by atoms with Crippen LogP contribution in [-0.2, 0) is 16.6 Å². The molecule has 0 spiro atoms. The first-order valence-corrected chi connectivity index (χ1v) is 13.4. The van der Waals surface area contributed by atoms with Gasteiger partial charge in [-0.05, 0) is 60.9 Å². The molecule has 1 amide bonds. The smallest absolute Gasteiger partial charge is 0.253 e. The lowest BCUT2D eigenvalue weighted by atomic mass is 10.1. The van der Waals surface area contributed by atoms with Gasteiger partial charge in [0.2, 0.25) is 10.0 Å². The Kier molecular flexibility index (Phi) is 7.12. The number of anilines is 2. The molecule has 0 saturated carbocycles. The minimum atomic E-state index is -3.50. The standard InChI is InChI=1S/C27H30FN3O3S/c1-20-8-9-21(2)26(18-20)31(35(3,33)34)19-22-10-12-23(13-11-22)27(32)30-16-14-29(15-17-30)25-7-5-4-6-24(25)28/h4-13,18H,14-17,19H2,1-3H3. The monoisotopic (exact) mass is 495 g/mol. The summed E-state index contributed by atoms with van der Waals surface area (Å²) in [6.45, 7) is 6.13. The van der Waals surface area contributed by atoms with E-state index in [1.165, 1.54) is 16.6 Å². The molecule has 0 bridgehead atoms. The van der Waals surface area contributed by atoms with Crippen molar-refractivity contribution >= 4 is 27.3 Å². The van der Waals surface area contributed by atoms with Gasteiger partial charge in [-0.3, -0.25) is 9.10 Å². The minimum Gasteiger partial charge on any atom is -0.366 e. The second kappa shape index (κ2) is 10.1. The molecule has 6 nitrogen and oxygen atoms in total. The number of nitrogens with zero attached hydrogens (tertiary/aromatic N) is 3. The Balaban J connectivity index is 1.44. The predicted octanol–water partition coefficient (Wildman–Crippen LogP) is 4.37. The van der Waals surface area contributed by atoms with Crippen LogP contribution in [0, 0.1) is 19.7 Å². The van der Waals surface area contributed by atoms with E-state index in [1.807, 2.05) is 43.0 Å². The number of benzene rings is 3. The Morgan fingerprint density at radius 1 is 0.943 bits per heavy atom. The third kappa shape index (κ3) is 5.65. The largest absolute Gasteiger partial charge is 0.366 e. The van der Waals surface area contributed by atoms with Crippen molar-refractivity contribution in [1.29, 1.82) is 0 Å². The van der Waals surface area contributed by atoms with Crippen LogP contribution in [0.1, 0.15) is 27.0 Å². The van der Waals surface area contributed by atoms with Gasteiger partial charge in [-0.2, -0.15) is 0 Å². The first-order valence-electron chi connectivity index (χ1n) is 11.6. The summed E-state index contributed by atoms with van der Waals surface area (Å²) in [5.41, 5.74) is 4.41. The van der Waals surface area contributed by atoms with Gasteiger partial charge in [-0.25, -0.2) is 12.8 Å². The van der Waals surface area contributed by atoms with Gasteiger partial charge >= 0.3 is 0 Å². The highest BCUT2D eigenvalue weighted by atomic mass is 32.2. The zero-order valence-electron chi connectivity index (χ0n) is 20.2. The molecule has 1 saturated heterocycles. The molecule has 1 aliphatic rings. The van der Waals surface area contributed by atoms with E-state index in [0.717, 1.165) is 16.7 Å². The van der Waals surface area contributed by atoms with E-state index in [1.54, 1.807) is 41.3 Å². The van der Waals surface area contributed by atoms with Gasteiger partial charge in [0.15, 0.2) is 0 Å². The molecule has 0 aliphatic carbocycles. The number of para-hydroxylation sites is 1. The second-order valence-electron chi connectivity index (χ2n) is 8.99. The lowest BCUT2D eigenvalue weighted by molar-refractivity contribution is 0.0746. The molecule has 0 radical (unpaired) electrons. The van der Waals surface area contributed by atoms with Crippen LogP contribution in [0.2, 0.25) is 0 Å². The lowest BCUT2D eigenvalue weighted by Crippen LogP contribution is -2.49. The van der Waals surface area contributed by atoms with E-state index in [4.69, 9.17) is 0 Å². The van der Waals surface area contributed by atoms with E-state index < -0.39 is 10.0 Å². The number of aryl methyl sites for hydroxylation is 2. The van der Waals surface area contributed by atoms with E-state index in [-0.39, 0.29) is 18.3 Å². The summed E-state index contributed by atoms with van der Waals surface area (Å²) >= 11 is 0. The maximum absolute atomic E-state index is 14.1. The maximum Gasteiger partial charge on any atom is 0.253 e. The van der Waals surface area contributed by atoms with Crippen molar-refractivity contribution in [2.75, 3.05) is 41.6 Å². The highest BCUT2D eigenvalue weighted by Gasteiger charge is 2.24. The van der Waals surface area contributed by atoms with Gasteiger partial charge in [0.25, 0.3) is 5.91 Å². The molecule has 184 valence electrons. The number of amides is 1. The van der Waals surface area contributed by atoms with E-state index >= 15 is 0 Å². The number of hydrogen-bond acceptors (Lipinski definition) is 4. The summed E-state index contributed by atoms with van der Waals surface area (Å²) in [5.74, 6) is -0.342. The maximum atomic E-state index is 14.1. The van der Waals surface area contributed by atoms with Crippen molar-refractivity contribution in [2.24, 2.45) is 0 Å². The lowest BCUT2D eigenvalue weighted by Gasteiger charge is -2.36. The first-order chi connectivity index (χ1) is 16.6. The second-order valence-corrected chi connectivity index (χ2v) is 10.9. The number of carbonyl (C=O) groups is 1. The first kappa shape index (κ1) is 24.7. The van der Waals surface area contributed by atoms with Crippen molar-refractivity contribution in [2.45, 2.75) is 20.4 Å². The van der Waals surface area contributed by atoms with Crippen molar-refractivity contribution < 1.29 is 17.6 Å². The topological polar surface area (TPSA) is 60.9 Å². The molecule has 1 fully saturated rings. The third-order valence-corrected chi connectivity index (χ3v) is 7.45. The molecule has 3 aromatic rings. The Morgan fingerprint density at radius 3 is 2.23 bits per heavy atom. The zero-order valence-corrected chi connectivity index (χ0v) is 21.1. The van der Waals surface area contributed by atoms with Gasteiger partial charge in [0, 0.05) is 31.7 Å². The molecule has 1 heterocycles. The SMILES string of the molecule is Cc1ccc(C)c(N(Cc2ccc(C(=O)N3CCN(c4ccccc4F)CC3)cc2)S(C)(=O)=O)c1. The molecule has 0 N–H and O–H groups in total. The number of piperazine rings is 1.